The number of thioether (sulfide) groups is 1. The number of carbonyl (C=O) groups excluding carboxylic acids is 1. The van der Waals surface area contributed by atoms with E-state index in [1.165, 1.54) is 6.92 Å². The fourth-order valence-corrected chi connectivity index (χ4v) is 2.99. The van der Waals surface area contributed by atoms with Crippen LogP contribution >= 0.6 is 11.8 Å². The molecule has 0 spiro atoms. The van der Waals surface area contributed by atoms with E-state index in [9.17, 15) is 13.6 Å². The standard InChI is InChI=1S/C17H32F2O2S/c1-7-17(18,19)14(4)9-8-10-22-16(5,6)12-21-15(20)11-13(2)3/h13-14H,7-12H2,1-6H3. The van der Waals surface area contributed by atoms with Crippen molar-refractivity contribution in [1.29, 1.82) is 0 Å². The minimum Gasteiger partial charge on any atom is -0.464 e. The van der Waals surface area contributed by atoms with Gasteiger partial charge in [-0.1, -0.05) is 27.7 Å². The summed E-state index contributed by atoms with van der Waals surface area (Å²) in [5.74, 6) is -2.21. The van der Waals surface area contributed by atoms with Gasteiger partial charge < -0.3 is 4.74 Å². The summed E-state index contributed by atoms with van der Waals surface area (Å²) in [6.07, 6.45) is 1.62. The molecular formula is C17H32F2O2S. The lowest BCUT2D eigenvalue weighted by atomic mass is 9.97. The van der Waals surface area contributed by atoms with Crippen molar-refractivity contribution < 1.29 is 18.3 Å². The average molecular weight is 339 g/mol. The third-order valence-electron chi connectivity index (χ3n) is 3.62. The third-order valence-corrected chi connectivity index (χ3v) is 5.01. The van der Waals surface area contributed by atoms with Crippen LogP contribution in [0, 0.1) is 11.8 Å². The monoisotopic (exact) mass is 338 g/mol. The van der Waals surface area contributed by atoms with Crippen molar-refractivity contribution in [3.63, 3.8) is 0 Å². The number of ether oxygens (including phenoxy) is 1. The molecule has 0 aliphatic rings. The third kappa shape index (κ3) is 9.65. The van der Waals surface area contributed by atoms with Gasteiger partial charge in [0.25, 0.3) is 0 Å². The van der Waals surface area contributed by atoms with E-state index in [0.29, 0.717) is 25.4 Å². The molecule has 0 aromatic rings. The molecule has 0 saturated heterocycles. The Morgan fingerprint density at radius 2 is 1.82 bits per heavy atom. The molecule has 0 aromatic heterocycles. The SMILES string of the molecule is CCC(F)(F)C(C)CCCSC(C)(C)COC(=O)CC(C)C. The zero-order valence-corrected chi connectivity index (χ0v) is 15.7. The molecule has 0 radical (unpaired) electrons. The van der Waals surface area contributed by atoms with Gasteiger partial charge in [-0.05, 0) is 38.4 Å². The van der Waals surface area contributed by atoms with E-state index in [1.807, 2.05) is 27.7 Å². The molecule has 0 saturated carbocycles. The molecule has 0 rings (SSSR count). The van der Waals surface area contributed by atoms with Crippen molar-refractivity contribution in [1.82, 2.24) is 0 Å². The highest BCUT2D eigenvalue weighted by Gasteiger charge is 2.33. The molecule has 132 valence electrons. The second kappa shape index (κ2) is 9.74. The molecule has 0 amide bonds. The van der Waals surface area contributed by atoms with Gasteiger partial charge in [-0.25, -0.2) is 8.78 Å². The summed E-state index contributed by atoms with van der Waals surface area (Å²) < 4.78 is 32.0. The summed E-state index contributed by atoms with van der Waals surface area (Å²) in [6, 6.07) is 0. The lowest BCUT2D eigenvalue weighted by Crippen LogP contribution is -2.27. The number of hydrogen-bond acceptors (Lipinski definition) is 3. The summed E-state index contributed by atoms with van der Waals surface area (Å²) in [5, 5.41) is 0. The summed E-state index contributed by atoms with van der Waals surface area (Å²) in [5.41, 5.74) is 0. The molecular weight excluding hydrogens is 306 g/mol. The minimum atomic E-state index is -2.56. The van der Waals surface area contributed by atoms with Crippen LogP contribution in [0.2, 0.25) is 0 Å². The van der Waals surface area contributed by atoms with Crippen LogP contribution in [0.1, 0.15) is 67.2 Å². The second-order valence-corrected chi connectivity index (χ2v) is 8.83. The van der Waals surface area contributed by atoms with Crippen LogP contribution in [-0.4, -0.2) is 29.0 Å². The Morgan fingerprint density at radius 1 is 1.23 bits per heavy atom. The van der Waals surface area contributed by atoms with Crippen molar-refractivity contribution in [3.8, 4) is 0 Å². The Balaban J connectivity index is 3.96. The molecule has 0 aromatic carbocycles. The van der Waals surface area contributed by atoms with Gasteiger partial charge in [0.1, 0.15) is 6.61 Å². The lowest BCUT2D eigenvalue weighted by molar-refractivity contribution is -0.145. The molecule has 0 heterocycles. The van der Waals surface area contributed by atoms with Crippen LogP contribution in [0.25, 0.3) is 0 Å². The van der Waals surface area contributed by atoms with E-state index in [1.54, 1.807) is 18.7 Å². The van der Waals surface area contributed by atoms with Crippen LogP contribution in [0.3, 0.4) is 0 Å². The van der Waals surface area contributed by atoms with E-state index in [0.717, 1.165) is 12.2 Å². The molecule has 0 fully saturated rings. The predicted octanol–water partition coefficient (Wildman–Crippen LogP) is 5.55. The van der Waals surface area contributed by atoms with Crippen LogP contribution in [0.15, 0.2) is 0 Å². The van der Waals surface area contributed by atoms with Crippen molar-refractivity contribution in [3.05, 3.63) is 0 Å². The second-order valence-electron chi connectivity index (χ2n) is 7.02. The first-order valence-electron chi connectivity index (χ1n) is 8.17. The molecule has 2 nitrogen and oxygen atoms in total. The van der Waals surface area contributed by atoms with E-state index in [-0.39, 0.29) is 17.1 Å². The molecule has 22 heavy (non-hydrogen) atoms. The van der Waals surface area contributed by atoms with Gasteiger partial charge in [0.2, 0.25) is 5.92 Å². The van der Waals surface area contributed by atoms with Gasteiger partial charge in [-0.2, -0.15) is 11.8 Å². The summed E-state index contributed by atoms with van der Waals surface area (Å²) in [6.45, 7) is 11.5. The lowest BCUT2D eigenvalue weighted by Gasteiger charge is -2.25. The molecule has 0 aliphatic heterocycles. The summed E-state index contributed by atoms with van der Waals surface area (Å²) >= 11 is 1.68. The number of carbonyl (C=O) groups is 1. The Bertz CT molecular complexity index is 331. The van der Waals surface area contributed by atoms with E-state index in [2.05, 4.69) is 0 Å². The Labute approximate surface area is 138 Å². The smallest absolute Gasteiger partial charge is 0.306 e. The normalized spacial score (nSPS) is 14.2. The molecule has 0 N–H and O–H groups in total. The summed E-state index contributed by atoms with van der Waals surface area (Å²) in [4.78, 5) is 11.5. The number of alkyl halides is 2. The average Bonchev–Trinajstić information content (AvgIpc) is 2.40. The van der Waals surface area contributed by atoms with E-state index in [4.69, 9.17) is 4.74 Å². The van der Waals surface area contributed by atoms with Crippen molar-refractivity contribution in [2.45, 2.75) is 77.9 Å². The molecule has 1 unspecified atom stereocenters. The van der Waals surface area contributed by atoms with Crippen LogP contribution in [-0.2, 0) is 9.53 Å². The quantitative estimate of drug-likeness (QED) is 0.365. The highest BCUT2D eigenvalue weighted by molar-refractivity contribution is 8.00. The van der Waals surface area contributed by atoms with Crippen molar-refractivity contribution in [2.75, 3.05) is 12.4 Å². The van der Waals surface area contributed by atoms with Gasteiger partial charge in [-0.3, -0.25) is 4.79 Å². The maximum Gasteiger partial charge on any atom is 0.306 e. The van der Waals surface area contributed by atoms with Gasteiger partial charge in [0.15, 0.2) is 0 Å². The Kier molecular flexibility index (Phi) is 9.60. The van der Waals surface area contributed by atoms with Crippen LogP contribution in [0.5, 0.6) is 0 Å². The first kappa shape index (κ1) is 21.7. The van der Waals surface area contributed by atoms with Gasteiger partial charge in [0.05, 0.1) is 0 Å². The molecule has 1 atom stereocenters. The highest BCUT2D eigenvalue weighted by Crippen LogP contribution is 2.32. The maximum absolute atomic E-state index is 13.5. The topological polar surface area (TPSA) is 26.3 Å². The number of rotatable bonds is 11. The van der Waals surface area contributed by atoms with Gasteiger partial charge >= 0.3 is 5.97 Å². The van der Waals surface area contributed by atoms with Crippen LogP contribution < -0.4 is 0 Å². The maximum atomic E-state index is 13.5. The number of halogens is 2. The fourth-order valence-electron chi connectivity index (χ4n) is 1.99. The molecule has 0 bridgehead atoms. The first-order chi connectivity index (χ1) is 10.00. The fraction of sp³-hybridized carbons (Fsp3) is 0.941. The van der Waals surface area contributed by atoms with Crippen molar-refractivity contribution in [2.24, 2.45) is 11.8 Å². The molecule has 5 heteroatoms. The number of hydrogen-bond donors (Lipinski definition) is 0. The largest absolute Gasteiger partial charge is 0.464 e. The van der Waals surface area contributed by atoms with E-state index >= 15 is 0 Å². The predicted molar refractivity (Wildman–Crippen MR) is 90.6 cm³/mol. The first-order valence-corrected chi connectivity index (χ1v) is 9.16. The Morgan fingerprint density at radius 3 is 2.32 bits per heavy atom. The minimum absolute atomic E-state index is 0.0986. The zero-order chi connectivity index (χ0) is 17.4. The highest BCUT2D eigenvalue weighted by atomic mass is 32.2. The Hall–Kier alpha value is -0.320. The van der Waals surface area contributed by atoms with Crippen molar-refractivity contribution >= 4 is 17.7 Å². The zero-order valence-electron chi connectivity index (χ0n) is 14.9. The number of esters is 1. The molecule has 0 aliphatic carbocycles. The van der Waals surface area contributed by atoms with Crippen LogP contribution in [0.4, 0.5) is 8.78 Å². The van der Waals surface area contributed by atoms with Gasteiger partial charge in [-0.15, -0.1) is 0 Å². The summed E-state index contributed by atoms with van der Waals surface area (Å²) in [7, 11) is 0. The van der Waals surface area contributed by atoms with Gasteiger partial charge in [0, 0.05) is 23.5 Å². The van der Waals surface area contributed by atoms with E-state index < -0.39 is 11.8 Å².